The molecule has 2 atom stereocenters. The van der Waals surface area contributed by atoms with Crippen molar-refractivity contribution in [3.8, 4) is 0 Å². The van der Waals surface area contributed by atoms with Gasteiger partial charge in [0.1, 0.15) is 0 Å². The van der Waals surface area contributed by atoms with E-state index in [4.69, 9.17) is 23.2 Å². The molecule has 1 heterocycles. The van der Waals surface area contributed by atoms with Crippen LogP contribution in [0.4, 0.5) is 5.69 Å². The van der Waals surface area contributed by atoms with Crippen molar-refractivity contribution in [2.24, 2.45) is 11.8 Å². The Balaban J connectivity index is 1.98. The van der Waals surface area contributed by atoms with Crippen molar-refractivity contribution in [1.82, 2.24) is 0 Å². The number of nitrogens with zero attached hydrogens (tertiary/aromatic N) is 1. The van der Waals surface area contributed by atoms with Gasteiger partial charge in [-0.3, -0.25) is 14.5 Å². The molecule has 100 valence electrons. The lowest BCUT2D eigenvalue weighted by Crippen LogP contribution is -2.30. The van der Waals surface area contributed by atoms with Gasteiger partial charge in [0, 0.05) is 0 Å². The van der Waals surface area contributed by atoms with Crippen LogP contribution >= 0.6 is 23.2 Å². The Morgan fingerprint density at radius 3 is 2.05 bits per heavy atom. The van der Waals surface area contributed by atoms with Crippen molar-refractivity contribution in [2.45, 2.75) is 25.7 Å². The molecule has 3 rings (SSSR count). The van der Waals surface area contributed by atoms with Gasteiger partial charge in [0.05, 0.1) is 27.6 Å². The molecule has 1 aliphatic heterocycles. The SMILES string of the molecule is O=C1C2CCCCC2C(=O)N1c1ccc(Cl)c(Cl)c1. The Morgan fingerprint density at radius 1 is 0.947 bits per heavy atom. The molecule has 1 aromatic rings. The zero-order valence-corrected chi connectivity index (χ0v) is 11.7. The van der Waals surface area contributed by atoms with Crippen molar-refractivity contribution >= 4 is 40.7 Å². The van der Waals surface area contributed by atoms with Crippen LogP contribution in [-0.4, -0.2) is 11.8 Å². The topological polar surface area (TPSA) is 37.4 Å². The van der Waals surface area contributed by atoms with Gasteiger partial charge in [-0.15, -0.1) is 0 Å². The largest absolute Gasteiger partial charge is 0.274 e. The summed E-state index contributed by atoms with van der Waals surface area (Å²) in [6.07, 6.45) is 3.67. The normalized spacial score (nSPS) is 26.7. The second-order valence-corrected chi connectivity index (χ2v) is 5.92. The van der Waals surface area contributed by atoms with Crippen LogP contribution < -0.4 is 4.90 Å². The molecule has 0 spiro atoms. The van der Waals surface area contributed by atoms with E-state index in [2.05, 4.69) is 0 Å². The number of halogens is 2. The molecule has 2 unspecified atom stereocenters. The fourth-order valence-electron chi connectivity index (χ4n) is 3.04. The molecule has 5 heteroatoms. The van der Waals surface area contributed by atoms with E-state index in [-0.39, 0.29) is 23.7 Å². The smallest absolute Gasteiger partial charge is 0.237 e. The molecule has 0 bridgehead atoms. The van der Waals surface area contributed by atoms with Crippen LogP contribution in [0.5, 0.6) is 0 Å². The van der Waals surface area contributed by atoms with E-state index in [0.29, 0.717) is 15.7 Å². The molecular weight excluding hydrogens is 285 g/mol. The molecule has 1 saturated heterocycles. The number of hydrogen-bond acceptors (Lipinski definition) is 2. The minimum atomic E-state index is -0.143. The Kier molecular flexibility index (Phi) is 3.27. The molecule has 19 heavy (non-hydrogen) atoms. The number of fused-ring (bicyclic) bond motifs is 1. The van der Waals surface area contributed by atoms with Gasteiger partial charge in [0.25, 0.3) is 0 Å². The number of rotatable bonds is 1. The van der Waals surface area contributed by atoms with Crippen molar-refractivity contribution in [2.75, 3.05) is 4.90 Å². The maximum atomic E-state index is 12.4. The third-order valence-electron chi connectivity index (χ3n) is 4.00. The van der Waals surface area contributed by atoms with Crippen molar-refractivity contribution in [3.63, 3.8) is 0 Å². The van der Waals surface area contributed by atoms with E-state index in [0.717, 1.165) is 25.7 Å². The molecule has 0 aromatic heterocycles. The highest BCUT2D eigenvalue weighted by atomic mass is 35.5. The van der Waals surface area contributed by atoms with Crippen molar-refractivity contribution < 1.29 is 9.59 Å². The number of amides is 2. The monoisotopic (exact) mass is 297 g/mol. The molecule has 0 N–H and O–H groups in total. The summed E-state index contributed by atoms with van der Waals surface area (Å²) in [6.45, 7) is 0. The van der Waals surface area contributed by atoms with Crippen LogP contribution in [0.15, 0.2) is 18.2 Å². The van der Waals surface area contributed by atoms with Crippen LogP contribution in [0, 0.1) is 11.8 Å². The zero-order chi connectivity index (χ0) is 13.6. The average Bonchev–Trinajstić information content (AvgIpc) is 2.66. The molecule has 2 aliphatic rings. The van der Waals surface area contributed by atoms with Gasteiger partial charge >= 0.3 is 0 Å². The predicted octanol–water partition coefficient (Wildman–Crippen LogP) is 3.67. The second kappa shape index (κ2) is 4.80. The first-order valence-electron chi connectivity index (χ1n) is 6.42. The molecule has 3 nitrogen and oxygen atoms in total. The van der Waals surface area contributed by atoms with Crippen LogP contribution in [-0.2, 0) is 9.59 Å². The average molecular weight is 298 g/mol. The zero-order valence-electron chi connectivity index (χ0n) is 10.2. The lowest BCUT2D eigenvalue weighted by molar-refractivity contribution is -0.122. The molecule has 1 saturated carbocycles. The van der Waals surface area contributed by atoms with Crippen molar-refractivity contribution in [1.29, 1.82) is 0 Å². The minimum absolute atomic E-state index is 0.0897. The molecule has 0 radical (unpaired) electrons. The highest BCUT2D eigenvalue weighted by Gasteiger charge is 2.48. The molecule has 1 aromatic carbocycles. The summed E-state index contributed by atoms with van der Waals surface area (Å²) >= 11 is 11.8. The minimum Gasteiger partial charge on any atom is -0.274 e. The third kappa shape index (κ3) is 2.05. The highest BCUT2D eigenvalue weighted by molar-refractivity contribution is 6.42. The Hall–Kier alpha value is -1.06. The number of hydrogen-bond donors (Lipinski definition) is 0. The molecule has 2 amide bonds. The maximum absolute atomic E-state index is 12.4. The van der Waals surface area contributed by atoms with Crippen LogP contribution in [0.25, 0.3) is 0 Å². The summed E-state index contributed by atoms with van der Waals surface area (Å²) < 4.78 is 0. The number of imide groups is 1. The molecular formula is C14H13Cl2NO2. The fraction of sp³-hybridized carbons (Fsp3) is 0.429. The van der Waals surface area contributed by atoms with Gasteiger partial charge in [-0.2, -0.15) is 0 Å². The summed E-state index contributed by atoms with van der Waals surface area (Å²) in [5.41, 5.74) is 0.527. The first-order valence-corrected chi connectivity index (χ1v) is 7.18. The summed E-state index contributed by atoms with van der Waals surface area (Å²) in [7, 11) is 0. The van der Waals surface area contributed by atoms with Gasteiger partial charge in [-0.25, -0.2) is 0 Å². The number of benzene rings is 1. The fourth-order valence-corrected chi connectivity index (χ4v) is 3.33. The second-order valence-electron chi connectivity index (χ2n) is 5.11. The van der Waals surface area contributed by atoms with Crippen LogP contribution in [0.1, 0.15) is 25.7 Å². The molecule has 2 fully saturated rings. The highest BCUT2D eigenvalue weighted by Crippen LogP contribution is 2.40. The standard InChI is InChI=1S/C14H13Cl2NO2/c15-11-6-5-8(7-12(11)16)17-13(18)9-3-1-2-4-10(9)14(17)19/h5-7,9-10H,1-4H2. The summed E-state index contributed by atoms with van der Waals surface area (Å²) in [5.74, 6) is -0.465. The van der Waals surface area contributed by atoms with E-state index in [9.17, 15) is 9.59 Å². The summed E-state index contributed by atoms with van der Waals surface area (Å²) in [5, 5.41) is 0.775. The van der Waals surface area contributed by atoms with Gasteiger partial charge in [-0.1, -0.05) is 36.0 Å². The first kappa shape index (κ1) is 12.9. The van der Waals surface area contributed by atoms with Gasteiger partial charge in [0.2, 0.25) is 11.8 Å². The first-order chi connectivity index (χ1) is 9.09. The summed E-state index contributed by atoms with van der Waals surface area (Å²) in [6, 6.07) is 4.86. The Labute approximate surface area is 121 Å². The lowest BCUT2D eigenvalue weighted by Gasteiger charge is -2.19. The van der Waals surface area contributed by atoms with E-state index in [1.807, 2.05) is 0 Å². The van der Waals surface area contributed by atoms with E-state index in [1.165, 1.54) is 4.90 Å². The third-order valence-corrected chi connectivity index (χ3v) is 4.74. The Morgan fingerprint density at radius 2 is 1.53 bits per heavy atom. The van der Waals surface area contributed by atoms with E-state index >= 15 is 0 Å². The lowest BCUT2D eigenvalue weighted by atomic mass is 9.81. The van der Waals surface area contributed by atoms with E-state index in [1.54, 1.807) is 18.2 Å². The quantitative estimate of drug-likeness (QED) is 0.742. The van der Waals surface area contributed by atoms with Gasteiger partial charge < -0.3 is 0 Å². The summed E-state index contributed by atoms with van der Waals surface area (Å²) in [4.78, 5) is 26.0. The van der Waals surface area contributed by atoms with Gasteiger partial charge in [-0.05, 0) is 31.0 Å². The van der Waals surface area contributed by atoms with E-state index < -0.39 is 0 Å². The Bertz CT molecular complexity index is 534. The predicted molar refractivity (Wildman–Crippen MR) is 74.4 cm³/mol. The van der Waals surface area contributed by atoms with Crippen LogP contribution in [0.2, 0.25) is 10.0 Å². The number of carbonyl (C=O) groups is 2. The van der Waals surface area contributed by atoms with Crippen molar-refractivity contribution in [3.05, 3.63) is 28.2 Å². The van der Waals surface area contributed by atoms with Gasteiger partial charge in [0.15, 0.2) is 0 Å². The molecule has 1 aliphatic carbocycles. The number of anilines is 1. The maximum Gasteiger partial charge on any atom is 0.237 e. The number of carbonyl (C=O) groups excluding carboxylic acids is 2. The van der Waals surface area contributed by atoms with Crippen LogP contribution in [0.3, 0.4) is 0 Å².